The molecular weight excluding hydrogens is 380 g/mol. The third kappa shape index (κ3) is 3.73. The number of benzene rings is 3. The number of para-hydroxylation sites is 2. The zero-order chi connectivity index (χ0) is 20.9. The first-order valence-corrected chi connectivity index (χ1v) is 9.29. The van der Waals surface area contributed by atoms with Crippen LogP contribution in [0.4, 0.5) is 5.95 Å². The maximum Gasteiger partial charge on any atom is 0.267 e. The van der Waals surface area contributed by atoms with Gasteiger partial charge in [-0.3, -0.25) is 4.79 Å². The number of nitrogens with one attached hydrogen (secondary N) is 1. The fourth-order valence-corrected chi connectivity index (χ4v) is 3.12. The minimum atomic E-state index is -0.171. The number of aromatic nitrogens is 2. The molecule has 0 saturated heterocycles. The molecule has 0 atom stereocenters. The van der Waals surface area contributed by atoms with Gasteiger partial charge in [0.05, 0.1) is 37.0 Å². The van der Waals surface area contributed by atoms with Gasteiger partial charge in [0, 0.05) is 0 Å². The van der Waals surface area contributed by atoms with Gasteiger partial charge >= 0.3 is 0 Å². The highest BCUT2D eigenvalue weighted by Crippen LogP contribution is 2.27. The first-order chi connectivity index (χ1) is 14.7. The Morgan fingerprint density at radius 3 is 2.43 bits per heavy atom. The minimum absolute atomic E-state index is 0.171. The lowest BCUT2D eigenvalue weighted by Crippen LogP contribution is -2.22. The number of fused-ring (bicyclic) bond motifs is 1. The molecule has 150 valence electrons. The Morgan fingerprint density at radius 2 is 1.67 bits per heavy atom. The molecule has 0 bridgehead atoms. The molecule has 0 spiro atoms. The smallest absolute Gasteiger partial charge is 0.267 e. The first kappa shape index (κ1) is 19.2. The van der Waals surface area contributed by atoms with Crippen LogP contribution in [0.15, 0.2) is 82.7 Å². The van der Waals surface area contributed by atoms with Gasteiger partial charge in [0.2, 0.25) is 5.95 Å². The van der Waals surface area contributed by atoms with Gasteiger partial charge in [-0.2, -0.15) is 5.10 Å². The Kier molecular flexibility index (Phi) is 5.43. The summed E-state index contributed by atoms with van der Waals surface area (Å²) in [6, 6.07) is 22.0. The number of ether oxygens (including phenoxy) is 2. The van der Waals surface area contributed by atoms with Crippen molar-refractivity contribution in [2.24, 2.45) is 5.10 Å². The fourth-order valence-electron chi connectivity index (χ4n) is 3.12. The maximum absolute atomic E-state index is 13.1. The first-order valence-electron chi connectivity index (χ1n) is 9.29. The highest BCUT2D eigenvalue weighted by atomic mass is 16.5. The highest BCUT2D eigenvalue weighted by Gasteiger charge is 2.12. The molecule has 4 rings (SSSR count). The average Bonchev–Trinajstić information content (AvgIpc) is 2.79. The normalized spacial score (nSPS) is 11.0. The zero-order valence-corrected chi connectivity index (χ0v) is 16.6. The van der Waals surface area contributed by atoms with Crippen LogP contribution in [-0.4, -0.2) is 30.0 Å². The third-order valence-corrected chi connectivity index (χ3v) is 4.58. The Bertz CT molecular complexity index is 1270. The second kappa shape index (κ2) is 8.48. The van der Waals surface area contributed by atoms with Crippen LogP contribution in [0.25, 0.3) is 16.6 Å². The SMILES string of the molecule is COc1ccc(/C=N\Nc2nc3ccccc3c(=O)n2-c2ccccc2)cc1OC. The largest absolute Gasteiger partial charge is 0.493 e. The van der Waals surface area contributed by atoms with Gasteiger partial charge in [0.25, 0.3) is 5.56 Å². The predicted octanol–water partition coefficient (Wildman–Crippen LogP) is 3.85. The molecule has 1 aromatic heterocycles. The van der Waals surface area contributed by atoms with E-state index in [9.17, 15) is 4.79 Å². The summed E-state index contributed by atoms with van der Waals surface area (Å²) < 4.78 is 12.1. The monoisotopic (exact) mass is 400 g/mol. The predicted molar refractivity (Wildman–Crippen MR) is 118 cm³/mol. The molecule has 30 heavy (non-hydrogen) atoms. The molecule has 3 aromatic carbocycles. The van der Waals surface area contributed by atoms with Gasteiger partial charge in [-0.1, -0.05) is 30.3 Å². The summed E-state index contributed by atoms with van der Waals surface area (Å²) in [7, 11) is 3.16. The molecule has 0 radical (unpaired) electrons. The topological polar surface area (TPSA) is 77.7 Å². The molecule has 7 nitrogen and oxygen atoms in total. The molecule has 0 unspecified atom stereocenters. The van der Waals surface area contributed by atoms with Crippen LogP contribution in [-0.2, 0) is 0 Å². The van der Waals surface area contributed by atoms with E-state index in [1.807, 2.05) is 54.6 Å². The van der Waals surface area contributed by atoms with E-state index in [1.54, 1.807) is 38.6 Å². The van der Waals surface area contributed by atoms with E-state index < -0.39 is 0 Å². The van der Waals surface area contributed by atoms with E-state index in [0.717, 1.165) is 5.56 Å². The van der Waals surface area contributed by atoms with Crippen molar-refractivity contribution in [1.29, 1.82) is 0 Å². The summed E-state index contributed by atoms with van der Waals surface area (Å²) >= 11 is 0. The molecule has 1 N–H and O–H groups in total. The summed E-state index contributed by atoms with van der Waals surface area (Å²) in [5.74, 6) is 1.56. The second-order valence-corrected chi connectivity index (χ2v) is 6.41. The van der Waals surface area contributed by atoms with Crippen molar-refractivity contribution >= 4 is 23.1 Å². The lowest BCUT2D eigenvalue weighted by atomic mass is 10.2. The molecule has 0 aliphatic rings. The number of hydrogen-bond donors (Lipinski definition) is 1. The van der Waals surface area contributed by atoms with Crippen molar-refractivity contribution in [3.8, 4) is 17.2 Å². The Balaban J connectivity index is 1.74. The van der Waals surface area contributed by atoms with Crippen molar-refractivity contribution in [2.75, 3.05) is 19.6 Å². The number of hydrazone groups is 1. The van der Waals surface area contributed by atoms with E-state index >= 15 is 0 Å². The lowest BCUT2D eigenvalue weighted by molar-refractivity contribution is 0.355. The minimum Gasteiger partial charge on any atom is -0.493 e. The molecule has 0 aliphatic carbocycles. The summed E-state index contributed by atoms with van der Waals surface area (Å²) in [4.78, 5) is 17.7. The van der Waals surface area contributed by atoms with E-state index in [1.165, 1.54) is 4.57 Å². The van der Waals surface area contributed by atoms with E-state index in [-0.39, 0.29) is 5.56 Å². The van der Waals surface area contributed by atoms with E-state index in [0.29, 0.717) is 34.0 Å². The molecule has 1 heterocycles. The number of anilines is 1. The van der Waals surface area contributed by atoms with Crippen LogP contribution in [0.3, 0.4) is 0 Å². The van der Waals surface area contributed by atoms with Crippen molar-refractivity contribution in [3.63, 3.8) is 0 Å². The van der Waals surface area contributed by atoms with Crippen molar-refractivity contribution in [3.05, 3.63) is 88.7 Å². The van der Waals surface area contributed by atoms with Gasteiger partial charge in [0.15, 0.2) is 11.5 Å². The summed E-state index contributed by atoms with van der Waals surface area (Å²) in [6.07, 6.45) is 1.62. The van der Waals surface area contributed by atoms with E-state index in [4.69, 9.17) is 9.47 Å². The Hall–Kier alpha value is -4.13. The summed E-state index contributed by atoms with van der Waals surface area (Å²) in [5, 5.41) is 4.82. The van der Waals surface area contributed by atoms with Gasteiger partial charge in [-0.15, -0.1) is 0 Å². The van der Waals surface area contributed by atoms with Crippen LogP contribution in [0, 0.1) is 0 Å². The van der Waals surface area contributed by atoms with Gasteiger partial charge in [0.1, 0.15) is 0 Å². The number of rotatable bonds is 6. The quantitative estimate of drug-likeness (QED) is 0.393. The molecule has 0 fully saturated rings. The van der Waals surface area contributed by atoms with Crippen LogP contribution >= 0.6 is 0 Å². The van der Waals surface area contributed by atoms with Gasteiger partial charge < -0.3 is 9.47 Å². The molecule has 0 aliphatic heterocycles. The summed E-state index contributed by atoms with van der Waals surface area (Å²) in [5.41, 5.74) is 4.83. The van der Waals surface area contributed by atoms with Crippen LogP contribution in [0.1, 0.15) is 5.56 Å². The molecule has 4 aromatic rings. The van der Waals surface area contributed by atoms with Crippen LogP contribution < -0.4 is 20.5 Å². The maximum atomic E-state index is 13.1. The second-order valence-electron chi connectivity index (χ2n) is 6.41. The molecule has 0 amide bonds. The van der Waals surface area contributed by atoms with E-state index in [2.05, 4.69) is 15.5 Å². The standard InChI is InChI=1S/C23H20N4O3/c1-29-20-13-12-16(14-21(20)30-2)15-24-26-23-25-19-11-7-6-10-18(19)22(28)27(23)17-8-4-3-5-9-17/h3-15H,1-2H3,(H,25,26)/b24-15-. The molecule has 0 saturated carbocycles. The Morgan fingerprint density at radius 1 is 0.933 bits per heavy atom. The van der Waals surface area contributed by atoms with Gasteiger partial charge in [-0.25, -0.2) is 15.0 Å². The van der Waals surface area contributed by atoms with Gasteiger partial charge in [-0.05, 0) is 48.0 Å². The Labute approximate surface area is 173 Å². The number of methoxy groups -OCH3 is 2. The number of hydrogen-bond acceptors (Lipinski definition) is 6. The van der Waals surface area contributed by atoms with Crippen molar-refractivity contribution < 1.29 is 9.47 Å². The molecule has 7 heteroatoms. The summed E-state index contributed by atoms with van der Waals surface area (Å²) in [6.45, 7) is 0. The average molecular weight is 400 g/mol. The van der Waals surface area contributed by atoms with Crippen LogP contribution in [0.2, 0.25) is 0 Å². The zero-order valence-electron chi connectivity index (χ0n) is 16.6. The fraction of sp³-hybridized carbons (Fsp3) is 0.0870. The number of nitrogens with zero attached hydrogens (tertiary/aromatic N) is 3. The van der Waals surface area contributed by atoms with Crippen molar-refractivity contribution in [1.82, 2.24) is 9.55 Å². The third-order valence-electron chi connectivity index (χ3n) is 4.58. The van der Waals surface area contributed by atoms with Crippen LogP contribution in [0.5, 0.6) is 11.5 Å². The highest BCUT2D eigenvalue weighted by molar-refractivity contribution is 5.82. The lowest BCUT2D eigenvalue weighted by Gasteiger charge is -2.12. The molecular formula is C23H20N4O3. The van der Waals surface area contributed by atoms with Crippen molar-refractivity contribution in [2.45, 2.75) is 0 Å².